The van der Waals surface area contributed by atoms with Crippen LogP contribution in [-0.4, -0.2) is 31.4 Å². The molecule has 9 heteroatoms. The van der Waals surface area contributed by atoms with Gasteiger partial charge in [0.05, 0.1) is 21.7 Å². The number of para-hydroxylation sites is 1. The smallest absolute Gasteiger partial charge is 0.337 e. The molecule has 0 atom stereocenters. The maximum Gasteiger partial charge on any atom is 0.337 e. The average Bonchev–Trinajstić information content (AvgIpc) is 2.93. The second-order valence-corrected chi connectivity index (χ2v) is 8.20. The zero-order valence-electron chi connectivity index (χ0n) is 15.2. The standard InChI is InChI=1S/C19H19N3O5S/c1-11(2)22-28(26,27)12-7-8-17-14(9-12)15(18(23)21-17)10-20-16-6-4-3-5-13(16)19(24)25/h3-11,20,22H,1-2H3,(H,21,23)(H,24,25)/b15-10-. The van der Waals surface area contributed by atoms with Gasteiger partial charge in [0.25, 0.3) is 5.91 Å². The maximum atomic E-state index is 12.4. The Hall–Kier alpha value is -3.17. The van der Waals surface area contributed by atoms with E-state index < -0.39 is 21.9 Å². The first-order valence-corrected chi connectivity index (χ1v) is 9.94. The fraction of sp³-hybridized carbons (Fsp3) is 0.158. The van der Waals surface area contributed by atoms with Crippen LogP contribution in [0.3, 0.4) is 0 Å². The number of nitrogens with one attached hydrogen (secondary N) is 3. The van der Waals surface area contributed by atoms with Gasteiger partial charge in [-0.15, -0.1) is 0 Å². The number of fused-ring (bicyclic) bond motifs is 1. The second-order valence-electron chi connectivity index (χ2n) is 6.49. The molecule has 1 heterocycles. The molecular weight excluding hydrogens is 382 g/mol. The Morgan fingerprint density at radius 1 is 1.18 bits per heavy atom. The Kier molecular flexibility index (Phi) is 5.21. The largest absolute Gasteiger partial charge is 0.478 e. The van der Waals surface area contributed by atoms with Crippen molar-refractivity contribution >= 4 is 38.8 Å². The van der Waals surface area contributed by atoms with Crippen molar-refractivity contribution in [2.24, 2.45) is 0 Å². The fourth-order valence-electron chi connectivity index (χ4n) is 2.80. The molecule has 0 fully saturated rings. The van der Waals surface area contributed by atoms with E-state index in [9.17, 15) is 23.1 Å². The van der Waals surface area contributed by atoms with E-state index in [1.54, 1.807) is 32.0 Å². The number of rotatable bonds is 6. The number of carboxylic acids is 1. The summed E-state index contributed by atoms with van der Waals surface area (Å²) in [6.07, 6.45) is 1.37. The molecule has 1 aliphatic rings. The molecule has 2 aromatic carbocycles. The van der Waals surface area contributed by atoms with Crippen LogP contribution in [0.2, 0.25) is 0 Å². The van der Waals surface area contributed by atoms with Crippen molar-refractivity contribution < 1.29 is 23.1 Å². The van der Waals surface area contributed by atoms with E-state index in [-0.39, 0.29) is 22.1 Å². The van der Waals surface area contributed by atoms with E-state index in [2.05, 4.69) is 15.4 Å². The Bertz CT molecular complexity index is 1090. The lowest BCUT2D eigenvalue weighted by atomic mass is 10.1. The molecule has 2 aromatic rings. The molecule has 1 amide bonds. The fourth-order valence-corrected chi connectivity index (χ4v) is 4.08. The van der Waals surface area contributed by atoms with E-state index in [1.165, 1.54) is 30.5 Å². The minimum Gasteiger partial charge on any atom is -0.478 e. The average molecular weight is 401 g/mol. The normalized spacial score (nSPS) is 14.8. The van der Waals surface area contributed by atoms with Crippen LogP contribution in [0.15, 0.2) is 53.6 Å². The third-order valence-corrected chi connectivity index (χ3v) is 5.66. The van der Waals surface area contributed by atoms with Gasteiger partial charge in [-0.05, 0) is 44.2 Å². The number of anilines is 2. The van der Waals surface area contributed by atoms with Gasteiger partial charge in [0.15, 0.2) is 0 Å². The van der Waals surface area contributed by atoms with Gasteiger partial charge in [0.1, 0.15) is 0 Å². The van der Waals surface area contributed by atoms with Gasteiger partial charge >= 0.3 is 5.97 Å². The summed E-state index contributed by atoms with van der Waals surface area (Å²) in [5, 5.41) is 14.7. The van der Waals surface area contributed by atoms with Crippen LogP contribution in [0.25, 0.3) is 5.57 Å². The first-order chi connectivity index (χ1) is 13.2. The number of sulfonamides is 1. The lowest BCUT2D eigenvalue weighted by Gasteiger charge is -2.11. The molecule has 0 aliphatic carbocycles. The van der Waals surface area contributed by atoms with Crippen molar-refractivity contribution in [3.8, 4) is 0 Å². The number of hydrogen-bond acceptors (Lipinski definition) is 5. The van der Waals surface area contributed by atoms with E-state index in [1.807, 2.05) is 0 Å². The van der Waals surface area contributed by atoms with Crippen LogP contribution in [0.1, 0.15) is 29.8 Å². The van der Waals surface area contributed by atoms with E-state index >= 15 is 0 Å². The number of carboxylic acid groups (broad SMARTS) is 1. The summed E-state index contributed by atoms with van der Waals surface area (Å²) in [6, 6.07) is 10.3. The lowest BCUT2D eigenvalue weighted by molar-refractivity contribution is -0.110. The number of carbonyl (C=O) groups is 2. The molecule has 0 saturated carbocycles. The van der Waals surface area contributed by atoms with Crippen molar-refractivity contribution in [3.63, 3.8) is 0 Å². The summed E-state index contributed by atoms with van der Waals surface area (Å²) in [5.74, 6) is -1.52. The van der Waals surface area contributed by atoms with Gasteiger partial charge in [-0.3, -0.25) is 4.79 Å². The Labute approximate surface area is 162 Å². The summed E-state index contributed by atoms with van der Waals surface area (Å²) in [7, 11) is -3.72. The van der Waals surface area contributed by atoms with E-state index in [0.29, 0.717) is 16.9 Å². The van der Waals surface area contributed by atoms with E-state index in [0.717, 1.165) is 0 Å². The van der Waals surface area contributed by atoms with Gasteiger partial charge in [-0.1, -0.05) is 12.1 Å². The molecule has 4 N–H and O–H groups in total. The van der Waals surface area contributed by atoms with Crippen molar-refractivity contribution in [3.05, 3.63) is 59.8 Å². The van der Waals surface area contributed by atoms with E-state index in [4.69, 9.17) is 0 Å². The van der Waals surface area contributed by atoms with Crippen LogP contribution < -0.4 is 15.4 Å². The summed E-state index contributed by atoms with van der Waals surface area (Å²) in [5.41, 5.74) is 1.46. The number of benzene rings is 2. The van der Waals surface area contributed by atoms with Crippen molar-refractivity contribution in [2.45, 2.75) is 24.8 Å². The lowest BCUT2D eigenvalue weighted by Crippen LogP contribution is -2.30. The van der Waals surface area contributed by atoms with Crippen LogP contribution >= 0.6 is 0 Å². The van der Waals surface area contributed by atoms with Crippen molar-refractivity contribution in [2.75, 3.05) is 10.6 Å². The molecule has 3 rings (SSSR count). The summed E-state index contributed by atoms with van der Waals surface area (Å²) < 4.78 is 27.3. The van der Waals surface area contributed by atoms with Gasteiger partial charge in [0, 0.05) is 23.5 Å². The first kappa shape index (κ1) is 19.6. The summed E-state index contributed by atoms with van der Waals surface area (Å²) in [6.45, 7) is 3.43. The van der Waals surface area contributed by atoms with Gasteiger partial charge < -0.3 is 15.7 Å². The summed E-state index contributed by atoms with van der Waals surface area (Å²) >= 11 is 0. The highest BCUT2D eigenvalue weighted by Gasteiger charge is 2.27. The Morgan fingerprint density at radius 3 is 2.57 bits per heavy atom. The minimum absolute atomic E-state index is 0.0355. The number of aromatic carboxylic acids is 1. The minimum atomic E-state index is -3.72. The quantitative estimate of drug-likeness (QED) is 0.551. The summed E-state index contributed by atoms with van der Waals surface area (Å²) in [4.78, 5) is 23.7. The highest BCUT2D eigenvalue weighted by atomic mass is 32.2. The highest BCUT2D eigenvalue weighted by Crippen LogP contribution is 2.33. The Balaban J connectivity index is 1.98. The molecule has 8 nitrogen and oxygen atoms in total. The molecule has 0 radical (unpaired) electrons. The maximum absolute atomic E-state index is 12.4. The predicted molar refractivity (Wildman–Crippen MR) is 106 cm³/mol. The van der Waals surface area contributed by atoms with Crippen LogP contribution in [0.4, 0.5) is 11.4 Å². The second kappa shape index (κ2) is 7.45. The van der Waals surface area contributed by atoms with Crippen LogP contribution in [0, 0.1) is 0 Å². The molecule has 0 spiro atoms. The zero-order chi connectivity index (χ0) is 20.5. The highest BCUT2D eigenvalue weighted by molar-refractivity contribution is 7.89. The Morgan fingerprint density at radius 2 is 1.89 bits per heavy atom. The molecular formula is C19H19N3O5S. The number of amides is 1. The monoisotopic (exact) mass is 401 g/mol. The van der Waals surface area contributed by atoms with Gasteiger partial charge in [0.2, 0.25) is 10.0 Å². The molecule has 0 saturated heterocycles. The third kappa shape index (κ3) is 3.90. The molecule has 0 bridgehead atoms. The topological polar surface area (TPSA) is 125 Å². The van der Waals surface area contributed by atoms with Crippen LogP contribution in [0.5, 0.6) is 0 Å². The molecule has 0 unspecified atom stereocenters. The molecule has 1 aliphatic heterocycles. The number of carbonyl (C=O) groups excluding carboxylic acids is 1. The predicted octanol–water partition coefficient (Wildman–Crippen LogP) is 2.48. The first-order valence-electron chi connectivity index (χ1n) is 8.46. The van der Waals surface area contributed by atoms with Crippen LogP contribution in [-0.2, 0) is 14.8 Å². The molecule has 28 heavy (non-hydrogen) atoms. The SMILES string of the molecule is CC(C)NS(=O)(=O)c1ccc2c(c1)/C(=C/Nc1ccccc1C(=O)O)C(=O)N2. The third-order valence-electron chi connectivity index (χ3n) is 4.00. The van der Waals surface area contributed by atoms with Crippen molar-refractivity contribution in [1.29, 1.82) is 0 Å². The molecule has 0 aromatic heterocycles. The van der Waals surface area contributed by atoms with Gasteiger partial charge in [-0.25, -0.2) is 17.9 Å². The number of hydrogen-bond donors (Lipinski definition) is 4. The molecule has 146 valence electrons. The van der Waals surface area contributed by atoms with Crippen molar-refractivity contribution in [1.82, 2.24) is 4.72 Å². The van der Waals surface area contributed by atoms with Gasteiger partial charge in [-0.2, -0.15) is 0 Å². The zero-order valence-corrected chi connectivity index (χ0v) is 16.0.